The van der Waals surface area contributed by atoms with Crippen LogP contribution in [0.2, 0.25) is 0 Å². The number of aromatic hydroxyl groups is 1. The molecule has 0 radical (unpaired) electrons. The van der Waals surface area contributed by atoms with Crippen LogP contribution in [0.25, 0.3) is 0 Å². The lowest BCUT2D eigenvalue weighted by Gasteiger charge is -2.32. The number of hydrogen-bond donors (Lipinski definition) is 11. The molecule has 0 saturated carbocycles. The van der Waals surface area contributed by atoms with Crippen molar-refractivity contribution < 1.29 is 73.0 Å². The molecule has 1 aliphatic heterocycles. The van der Waals surface area contributed by atoms with Crippen LogP contribution in [0.4, 0.5) is 4.79 Å². The second kappa shape index (κ2) is 37.9. The summed E-state index contributed by atoms with van der Waals surface area (Å²) in [4.78, 5) is 110. The van der Waals surface area contributed by atoms with Crippen molar-refractivity contribution in [2.75, 3.05) is 138 Å². The number of carboxylic acids is 3. The highest BCUT2D eigenvalue weighted by molar-refractivity contribution is 5.93. The fraction of sp³-hybridized carbons (Fsp3) is 0.509. The summed E-state index contributed by atoms with van der Waals surface area (Å²) in [5, 5.41) is 54.8. The van der Waals surface area contributed by atoms with Gasteiger partial charge < -0.3 is 72.3 Å². The molecule has 27 heteroatoms. The lowest BCUT2D eigenvalue weighted by atomic mass is 9.90. The topological polar surface area (TPSA) is 369 Å². The number of urea groups is 1. The standard InChI is InChI=1S/C55H80N12O15/c1-2-46(69)57-18-19-60-55(79)63-54(56)59-17-7-12-45(52(77)61-35-40-13-15-43(68)16-14-40)62-53(78)51(41-8-4-3-5-9-41)42-10-6-11-44(34-42)82-33-32-81-31-30-80-29-20-58-47(70)36-64-21-23-65(37-48(71)72)25-27-67(39-50(75)76)28-26-66(24-22-64)38-49(73)74/h3-6,8-11,13-16,34,45,51,68H,2,7,12,17-33,35-39H2,1H3,(H,57,69)(H,58,70)(H,61,77)(H,62,78)(H,71,72)(H,73,74)(H,75,76)(H4,56,59,60,63,79)/t45-,51-/m1/s1. The number of phenolic OH excluding ortho intramolecular Hbond substituents is 1. The Balaban J connectivity index is 1.25. The summed E-state index contributed by atoms with van der Waals surface area (Å²) < 4.78 is 17.4. The molecule has 1 aliphatic rings. The van der Waals surface area contributed by atoms with Gasteiger partial charge in [0, 0.05) is 91.5 Å². The third-order valence-electron chi connectivity index (χ3n) is 12.7. The minimum atomic E-state index is -1.04. The van der Waals surface area contributed by atoms with Crippen molar-refractivity contribution in [2.45, 2.75) is 44.7 Å². The molecule has 450 valence electrons. The van der Waals surface area contributed by atoms with E-state index in [1.807, 2.05) is 35.2 Å². The van der Waals surface area contributed by atoms with Gasteiger partial charge in [-0.3, -0.25) is 53.2 Å². The lowest BCUT2D eigenvalue weighted by Crippen LogP contribution is -2.50. The number of carboxylic acid groups (broad SMARTS) is 3. The highest BCUT2D eigenvalue weighted by atomic mass is 16.5. The number of nitrogens with two attached hydrogens (primary N) is 1. The molecule has 0 unspecified atom stereocenters. The second-order valence-corrected chi connectivity index (χ2v) is 19.1. The van der Waals surface area contributed by atoms with E-state index >= 15 is 0 Å². The Morgan fingerprint density at radius 2 is 1.11 bits per heavy atom. The van der Waals surface area contributed by atoms with Crippen molar-refractivity contribution in [2.24, 2.45) is 10.7 Å². The molecule has 3 aromatic carbocycles. The second-order valence-electron chi connectivity index (χ2n) is 19.1. The Morgan fingerprint density at radius 3 is 1.70 bits per heavy atom. The predicted octanol–water partition coefficient (Wildman–Crippen LogP) is -0.751. The molecule has 1 heterocycles. The first-order chi connectivity index (χ1) is 39.5. The maximum absolute atomic E-state index is 14.4. The van der Waals surface area contributed by atoms with E-state index in [2.05, 4.69) is 36.9 Å². The van der Waals surface area contributed by atoms with Crippen LogP contribution in [0.1, 0.15) is 48.8 Å². The molecule has 0 spiro atoms. The van der Waals surface area contributed by atoms with Crippen molar-refractivity contribution in [1.29, 1.82) is 0 Å². The van der Waals surface area contributed by atoms with Gasteiger partial charge in [-0.2, -0.15) is 4.99 Å². The normalized spacial score (nSPS) is 14.9. The molecule has 27 nitrogen and oxygen atoms in total. The number of nitrogens with one attached hydrogen (secondary N) is 6. The predicted molar refractivity (Wildman–Crippen MR) is 301 cm³/mol. The van der Waals surface area contributed by atoms with Crippen molar-refractivity contribution in [3.63, 3.8) is 0 Å². The van der Waals surface area contributed by atoms with E-state index in [-0.39, 0.29) is 161 Å². The van der Waals surface area contributed by atoms with Crippen LogP contribution in [0, 0.1) is 0 Å². The monoisotopic (exact) mass is 1150 g/mol. The summed E-state index contributed by atoms with van der Waals surface area (Å²) in [7, 11) is 0. The van der Waals surface area contributed by atoms with E-state index in [9.17, 15) is 58.8 Å². The van der Waals surface area contributed by atoms with Crippen LogP contribution >= 0.6 is 0 Å². The average Bonchev–Trinajstić information content (AvgIpc) is 3.64. The van der Waals surface area contributed by atoms with Crippen molar-refractivity contribution in [1.82, 2.24) is 51.5 Å². The highest BCUT2D eigenvalue weighted by Crippen LogP contribution is 2.28. The first-order valence-electron chi connectivity index (χ1n) is 27.2. The molecule has 4 rings (SSSR count). The molecule has 2 atom stereocenters. The molecule has 12 N–H and O–H groups in total. The average molecular weight is 1150 g/mol. The minimum absolute atomic E-state index is 0.0227. The first-order valence-corrected chi connectivity index (χ1v) is 27.2. The summed E-state index contributed by atoms with van der Waals surface area (Å²) in [5.74, 6) is -4.94. The summed E-state index contributed by atoms with van der Waals surface area (Å²) in [5.41, 5.74) is 7.92. The number of ether oxygens (including phenoxy) is 3. The number of carbonyl (C=O) groups is 8. The summed E-state index contributed by atoms with van der Waals surface area (Å²) in [6.07, 6.45) is 0.812. The van der Waals surface area contributed by atoms with Gasteiger partial charge in [0.15, 0.2) is 5.96 Å². The van der Waals surface area contributed by atoms with E-state index in [1.165, 1.54) is 12.1 Å². The molecular formula is C55H80N12O15. The van der Waals surface area contributed by atoms with Crippen LogP contribution in [0.15, 0.2) is 83.9 Å². The number of phenols is 1. The first kappa shape index (κ1) is 66.6. The number of amides is 6. The van der Waals surface area contributed by atoms with Crippen LogP contribution in [-0.2, 0) is 49.6 Å². The molecule has 0 aromatic heterocycles. The van der Waals surface area contributed by atoms with Crippen LogP contribution in [-0.4, -0.2) is 237 Å². The van der Waals surface area contributed by atoms with Crippen LogP contribution in [0.5, 0.6) is 11.5 Å². The smallest absolute Gasteiger partial charge is 0.344 e. The molecule has 1 fully saturated rings. The molecular weight excluding hydrogens is 1070 g/mol. The highest BCUT2D eigenvalue weighted by Gasteiger charge is 2.29. The fourth-order valence-electron chi connectivity index (χ4n) is 8.43. The molecule has 3 aromatic rings. The van der Waals surface area contributed by atoms with Gasteiger partial charge in [0.05, 0.1) is 58.5 Å². The number of aliphatic carboxylic acids is 3. The number of aliphatic imine (C=N–C) groups is 1. The van der Waals surface area contributed by atoms with Crippen molar-refractivity contribution >= 4 is 53.5 Å². The number of carbonyl (C=O) groups excluding carboxylic acids is 5. The maximum atomic E-state index is 14.4. The van der Waals surface area contributed by atoms with Gasteiger partial charge in [0.25, 0.3) is 0 Å². The molecule has 82 heavy (non-hydrogen) atoms. The van der Waals surface area contributed by atoms with Gasteiger partial charge in [0.1, 0.15) is 24.1 Å². The van der Waals surface area contributed by atoms with E-state index in [1.54, 1.807) is 58.0 Å². The van der Waals surface area contributed by atoms with Crippen LogP contribution < -0.4 is 42.4 Å². The Hall–Kier alpha value is -7.95. The number of hydrogen-bond acceptors (Lipinski definition) is 16. The minimum Gasteiger partial charge on any atom is -0.508 e. The third-order valence-corrected chi connectivity index (χ3v) is 12.7. The van der Waals surface area contributed by atoms with Gasteiger partial charge in [-0.25, -0.2) is 4.79 Å². The van der Waals surface area contributed by atoms with Crippen molar-refractivity contribution in [3.05, 3.63) is 95.6 Å². The summed E-state index contributed by atoms with van der Waals surface area (Å²) in [6, 6.07) is 20.8. The number of rotatable bonds is 33. The quantitative estimate of drug-likeness (QED) is 0.0203. The molecule has 0 bridgehead atoms. The van der Waals surface area contributed by atoms with Gasteiger partial charge >= 0.3 is 23.9 Å². The lowest BCUT2D eigenvalue weighted by molar-refractivity contribution is -0.140. The largest absolute Gasteiger partial charge is 0.508 e. The number of nitrogens with zero attached hydrogens (tertiary/aromatic N) is 5. The van der Waals surface area contributed by atoms with Gasteiger partial charge in [-0.1, -0.05) is 61.5 Å². The fourth-order valence-corrected chi connectivity index (χ4v) is 8.43. The zero-order valence-corrected chi connectivity index (χ0v) is 46.4. The van der Waals surface area contributed by atoms with Crippen molar-refractivity contribution in [3.8, 4) is 11.5 Å². The zero-order valence-electron chi connectivity index (χ0n) is 46.4. The summed E-state index contributed by atoms with van der Waals surface area (Å²) in [6.45, 7) is 5.11. The SMILES string of the molecule is CCC(=O)NCCNC(=O)/N=C(/N)NCCC[C@@H](NC(=O)[C@H](c1ccccc1)c1cccc(OCCOCCOCCNC(=O)CN2CCN(CC(=O)O)CCN(CC(=O)O)CCN(CC(=O)O)CC2)c1)C(=O)NCc1ccc(O)cc1. The Bertz CT molecular complexity index is 2480. The molecule has 0 aliphatic carbocycles. The zero-order chi connectivity index (χ0) is 59.5. The Kier molecular flexibility index (Phi) is 30.8. The Labute approximate surface area is 476 Å². The van der Waals surface area contributed by atoms with Gasteiger partial charge in [0.2, 0.25) is 23.6 Å². The summed E-state index contributed by atoms with van der Waals surface area (Å²) >= 11 is 0. The third kappa shape index (κ3) is 28.0. The van der Waals surface area contributed by atoms with E-state index in [4.69, 9.17) is 19.9 Å². The van der Waals surface area contributed by atoms with Crippen LogP contribution in [0.3, 0.4) is 0 Å². The van der Waals surface area contributed by atoms with E-state index < -0.39 is 47.7 Å². The number of guanidine groups is 1. The van der Waals surface area contributed by atoms with Gasteiger partial charge in [-0.05, 0) is 53.8 Å². The van der Waals surface area contributed by atoms with E-state index in [0.717, 1.165) is 5.56 Å². The van der Waals surface area contributed by atoms with E-state index in [0.29, 0.717) is 42.8 Å². The van der Waals surface area contributed by atoms with Gasteiger partial charge in [-0.15, -0.1) is 0 Å². The molecule has 1 saturated heterocycles. The maximum Gasteiger partial charge on any atom is 0.344 e. The molecule has 6 amide bonds. The Morgan fingerprint density at radius 1 is 0.573 bits per heavy atom. The number of benzene rings is 3.